The van der Waals surface area contributed by atoms with Gasteiger partial charge in [0.1, 0.15) is 0 Å². The van der Waals surface area contributed by atoms with Crippen LogP contribution in [0.1, 0.15) is 15.9 Å². The molecule has 0 atom stereocenters. The van der Waals surface area contributed by atoms with E-state index in [9.17, 15) is 4.79 Å². The molecule has 0 saturated carbocycles. The number of aromatic nitrogens is 2. The monoisotopic (exact) mass is 304 g/mol. The van der Waals surface area contributed by atoms with Crippen LogP contribution in [0.25, 0.3) is 10.9 Å². The Morgan fingerprint density at radius 3 is 2.96 bits per heavy atom. The van der Waals surface area contributed by atoms with Gasteiger partial charge < -0.3 is 4.57 Å². The minimum absolute atomic E-state index is 0.288. The zero-order valence-corrected chi connectivity index (χ0v) is 12.5. The number of hydrogen-bond donors (Lipinski definition) is 1. The highest BCUT2D eigenvalue weighted by atomic mass is 16.2. The molecule has 1 N–H and O–H groups in total. The number of rotatable bonds is 5. The Balaban J connectivity index is 1.81. The Kier molecular flexibility index (Phi) is 4.29. The van der Waals surface area contributed by atoms with Crippen LogP contribution in [0.4, 0.5) is 0 Å². The highest BCUT2D eigenvalue weighted by Crippen LogP contribution is 2.19. The van der Waals surface area contributed by atoms with Gasteiger partial charge in [-0.25, -0.2) is 5.43 Å². The molecule has 5 heteroatoms. The molecule has 3 aromatic rings. The van der Waals surface area contributed by atoms with E-state index in [0.29, 0.717) is 5.56 Å². The summed E-state index contributed by atoms with van der Waals surface area (Å²) in [4.78, 5) is 15.8. The minimum atomic E-state index is -0.288. The molecule has 0 aliphatic heterocycles. The average molecular weight is 304 g/mol. The van der Waals surface area contributed by atoms with E-state index in [1.54, 1.807) is 24.5 Å². The smallest absolute Gasteiger partial charge is 0.272 e. The van der Waals surface area contributed by atoms with Gasteiger partial charge in [-0.15, -0.1) is 6.58 Å². The van der Waals surface area contributed by atoms with Crippen LogP contribution in [-0.2, 0) is 6.54 Å². The van der Waals surface area contributed by atoms with Gasteiger partial charge in [-0.05, 0) is 18.2 Å². The second-order valence-corrected chi connectivity index (χ2v) is 4.98. The molecule has 1 amide bonds. The molecule has 0 aliphatic rings. The van der Waals surface area contributed by atoms with Crippen LogP contribution in [0.15, 0.2) is 72.7 Å². The lowest BCUT2D eigenvalue weighted by atomic mass is 10.2. The molecule has 0 saturated heterocycles. The maximum Gasteiger partial charge on any atom is 0.272 e. The second-order valence-electron chi connectivity index (χ2n) is 4.98. The van der Waals surface area contributed by atoms with Gasteiger partial charge in [0, 0.05) is 41.6 Å². The third-order valence-corrected chi connectivity index (χ3v) is 3.44. The molecule has 0 bridgehead atoms. The van der Waals surface area contributed by atoms with Crippen molar-refractivity contribution < 1.29 is 4.79 Å². The Morgan fingerprint density at radius 1 is 1.30 bits per heavy atom. The molecule has 0 aliphatic carbocycles. The van der Waals surface area contributed by atoms with Gasteiger partial charge in [-0.2, -0.15) is 5.10 Å². The van der Waals surface area contributed by atoms with E-state index in [2.05, 4.69) is 26.7 Å². The van der Waals surface area contributed by atoms with Crippen molar-refractivity contribution in [1.29, 1.82) is 0 Å². The summed E-state index contributed by atoms with van der Waals surface area (Å²) in [6.45, 7) is 4.49. The van der Waals surface area contributed by atoms with Crippen LogP contribution in [-0.4, -0.2) is 21.7 Å². The summed E-state index contributed by atoms with van der Waals surface area (Å²) < 4.78 is 2.09. The van der Waals surface area contributed by atoms with Gasteiger partial charge in [0.2, 0.25) is 0 Å². The number of carbonyl (C=O) groups is 1. The molecular weight excluding hydrogens is 288 g/mol. The summed E-state index contributed by atoms with van der Waals surface area (Å²) >= 11 is 0. The molecule has 5 nitrogen and oxygen atoms in total. The molecule has 114 valence electrons. The van der Waals surface area contributed by atoms with Gasteiger partial charge in [0.05, 0.1) is 11.8 Å². The molecule has 1 aromatic carbocycles. The second kappa shape index (κ2) is 6.70. The number of pyridine rings is 1. The molecule has 0 unspecified atom stereocenters. The zero-order valence-electron chi connectivity index (χ0n) is 12.5. The van der Waals surface area contributed by atoms with Crippen molar-refractivity contribution in [3.05, 3.63) is 78.8 Å². The lowest BCUT2D eigenvalue weighted by molar-refractivity contribution is 0.0955. The average Bonchev–Trinajstić information content (AvgIpc) is 2.94. The lowest BCUT2D eigenvalue weighted by Gasteiger charge is -1.98. The van der Waals surface area contributed by atoms with Crippen molar-refractivity contribution in [2.75, 3.05) is 0 Å². The Morgan fingerprint density at radius 2 is 2.17 bits per heavy atom. The number of hydrogen-bond acceptors (Lipinski definition) is 3. The minimum Gasteiger partial charge on any atom is -0.343 e. The number of allylic oxidation sites excluding steroid dienone is 1. The predicted molar refractivity (Wildman–Crippen MR) is 91.4 cm³/mol. The Labute approximate surface area is 134 Å². The molecule has 0 fully saturated rings. The number of hydrazone groups is 1. The standard InChI is InChI=1S/C18H16N4O/c1-2-10-22-13-15(16-7-3-4-8-17(16)22)12-20-21-18(23)14-6-5-9-19-11-14/h2-9,11-13H,1,10H2,(H,21,23)/b20-12+. The van der Waals surface area contributed by atoms with Crippen LogP contribution >= 0.6 is 0 Å². The first-order valence-corrected chi connectivity index (χ1v) is 7.22. The van der Waals surface area contributed by atoms with E-state index in [1.165, 1.54) is 6.20 Å². The number of nitrogens with one attached hydrogen (secondary N) is 1. The number of para-hydroxylation sites is 1. The molecule has 2 aromatic heterocycles. The predicted octanol–water partition coefficient (Wildman–Crippen LogP) is 2.99. The fourth-order valence-corrected chi connectivity index (χ4v) is 2.39. The summed E-state index contributed by atoms with van der Waals surface area (Å²) in [5.74, 6) is -0.288. The molecule has 0 radical (unpaired) electrons. The summed E-state index contributed by atoms with van der Waals surface area (Å²) in [7, 11) is 0. The summed E-state index contributed by atoms with van der Waals surface area (Å²) in [5.41, 5.74) is 5.03. The number of benzene rings is 1. The van der Waals surface area contributed by atoms with Gasteiger partial charge in [-0.3, -0.25) is 9.78 Å². The van der Waals surface area contributed by atoms with Gasteiger partial charge in [0.25, 0.3) is 5.91 Å². The Bertz CT molecular complexity index is 865. The third-order valence-electron chi connectivity index (χ3n) is 3.44. The zero-order chi connectivity index (χ0) is 16.1. The highest BCUT2D eigenvalue weighted by Gasteiger charge is 2.06. The Hall–Kier alpha value is -3.21. The first-order valence-electron chi connectivity index (χ1n) is 7.22. The molecule has 3 rings (SSSR count). The van der Waals surface area contributed by atoms with E-state index < -0.39 is 0 Å². The normalized spacial score (nSPS) is 11.0. The third kappa shape index (κ3) is 3.18. The molecule has 23 heavy (non-hydrogen) atoms. The van der Waals surface area contributed by atoms with Crippen LogP contribution in [0.3, 0.4) is 0 Å². The van der Waals surface area contributed by atoms with E-state index in [0.717, 1.165) is 23.0 Å². The summed E-state index contributed by atoms with van der Waals surface area (Å²) in [6.07, 6.45) is 8.61. The van der Waals surface area contributed by atoms with Crippen molar-refractivity contribution in [2.24, 2.45) is 5.10 Å². The number of carbonyl (C=O) groups excluding carboxylic acids is 1. The van der Waals surface area contributed by atoms with Crippen molar-refractivity contribution >= 4 is 23.0 Å². The number of amides is 1. The lowest BCUT2D eigenvalue weighted by Crippen LogP contribution is -2.17. The summed E-state index contributed by atoms with van der Waals surface area (Å²) in [6, 6.07) is 11.4. The van der Waals surface area contributed by atoms with Crippen LogP contribution in [0.5, 0.6) is 0 Å². The number of nitrogens with zero attached hydrogens (tertiary/aromatic N) is 3. The van der Waals surface area contributed by atoms with Gasteiger partial charge >= 0.3 is 0 Å². The first-order chi connectivity index (χ1) is 11.3. The largest absolute Gasteiger partial charge is 0.343 e. The van der Waals surface area contributed by atoms with E-state index >= 15 is 0 Å². The molecular formula is C18H16N4O. The van der Waals surface area contributed by atoms with Crippen molar-refractivity contribution in [1.82, 2.24) is 15.0 Å². The SMILES string of the molecule is C=CCn1cc(/C=N/NC(=O)c2cccnc2)c2ccccc21. The van der Waals surface area contributed by atoms with E-state index in [4.69, 9.17) is 0 Å². The maximum atomic E-state index is 11.9. The fourth-order valence-electron chi connectivity index (χ4n) is 2.39. The maximum absolute atomic E-state index is 11.9. The highest BCUT2D eigenvalue weighted by molar-refractivity contribution is 6.00. The van der Waals surface area contributed by atoms with Gasteiger partial charge in [0.15, 0.2) is 0 Å². The van der Waals surface area contributed by atoms with Crippen molar-refractivity contribution in [3.8, 4) is 0 Å². The fraction of sp³-hybridized carbons (Fsp3) is 0.0556. The molecule has 0 spiro atoms. The van der Waals surface area contributed by atoms with Crippen LogP contribution in [0, 0.1) is 0 Å². The van der Waals surface area contributed by atoms with Crippen molar-refractivity contribution in [3.63, 3.8) is 0 Å². The first kappa shape index (κ1) is 14.7. The topological polar surface area (TPSA) is 59.3 Å². The number of fused-ring (bicyclic) bond motifs is 1. The van der Waals surface area contributed by atoms with Crippen LogP contribution in [0.2, 0.25) is 0 Å². The van der Waals surface area contributed by atoms with Gasteiger partial charge in [-0.1, -0.05) is 24.3 Å². The quantitative estimate of drug-likeness (QED) is 0.447. The van der Waals surface area contributed by atoms with Crippen molar-refractivity contribution in [2.45, 2.75) is 6.54 Å². The van der Waals surface area contributed by atoms with E-state index in [1.807, 2.05) is 36.5 Å². The molecule has 2 heterocycles. The van der Waals surface area contributed by atoms with Crippen LogP contribution < -0.4 is 5.43 Å². The summed E-state index contributed by atoms with van der Waals surface area (Å²) in [5, 5.41) is 5.13. The van der Waals surface area contributed by atoms with E-state index in [-0.39, 0.29) is 5.91 Å².